The van der Waals surface area contributed by atoms with Gasteiger partial charge in [-0.05, 0) is 49.9 Å². The molecule has 0 atom stereocenters. The van der Waals surface area contributed by atoms with Gasteiger partial charge in [-0.25, -0.2) is 8.42 Å². The number of hydrogen-bond acceptors (Lipinski definition) is 4. The Morgan fingerprint density at radius 1 is 1.29 bits per heavy atom. The molecule has 2 aromatic rings. The van der Waals surface area contributed by atoms with Crippen molar-refractivity contribution in [3.63, 3.8) is 0 Å². The number of sulfonamides is 1. The third-order valence-electron chi connectivity index (χ3n) is 3.33. The molecule has 0 spiro atoms. The summed E-state index contributed by atoms with van der Waals surface area (Å²) in [6, 6.07) is 8.64. The molecule has 0 fully saturated rings. The van der Waals surface area contributed by atoms with E-state index in [-0.39, 0.29) is 10.9 Å². The van der Waals surface area contributed by atoms with Gasteiger partial charge in [-0.15, -0.1) is 11.3 Å². The molecule has 0 unspecified atom stereocenters. The average molecular weight is 324 g/mol. The monoisotopic (exact) mass is 324 g/mol. The quantitative estimate of drug-likeness (QED) is 0.859. The fourth-order valence-corrected chi connectivity index (χ4v) is 4.45. The van der Waals surface area contributed by atoms with E-state index in [4.69, 9.17) is 5.73 Å². The van der Waals surface area contributed by atoms with E-state index in [1.807, 2.05) is 38.3 Å². The number of benzene rings is 1. The minimum Gasteiger partial charge on any atom is -0.398 e. The lowest BCUT2D eigenvalue weighted by Crippen LogP contribution is -2.36. The molecule has 0 radical (unpaired) electrons. The van der Waals surface area contributed by atoms with Crippen LogP contribution in [0.3, 0.4) is 0 Å². The Balaban J connectivity index is 2.39. The van der Waals surface area contributed by atoms with Gasteiger partial charge in [0.25, 0.3) is 0 Å². The third kappa shape index (κ3) is 3.45. The van der Waals surface area contributed by atoms with Crippen molar-refractivity contribution in [2.45, 2.75) is 38.3 Å². The smallest absolute Gasteiger partial charge is 0.243 e. The average Bonchev–Trinajstić information content (AvgIpc) is 2.91. The first kappa shape index (κ1) is 16.0. The van der Waals surface area contributed by atoms with Crippen LogP contribution < -0.4 is 5.73 Å². The number of thiophene rings is 1. The molecule has 0 bridgehead atoms. The van der Waals surface area contributed by atoms with E-state index < -0.39 is 10.0 Å². The lowest BCUT2D eigenvalue weighted by atomic mass is 10.2. The zero-order chi connectivity index (χ0) is 15.6. The van der Waals surface area contributed by atoms with Gasteiger partial charge in [0.05, 0.1) is 4.90 Å². The minimum atomic E-state index is -3.56. The van der Waals surface area contributed by atoms with Gasteiger partial charge in [0.2, 0.25) is 10.0 Å². The zero-order valence-electron chi connectivity index (χ0n) is 12.4. The first-order valence-corrected chi connectivity index (χ1v) is 9.04. The molecule has 0 aliphatic heterocycles. The molecule has 2 rings (SSSR count). The second-order valence-corrected chi connectivity index (χ2v) is 8.16. The lowest BCUT2D eigenvalue weighted by Gasteiger charge is -2.25. The highest BCUT2D eigenvalue weighted by Gasteiger charge is 2.27. The standard InChI is InChI=1S/C15H20N2O2S2/c1-11(2)17(10-13-5-4-8-20-13)21(18,19)14-7-6-12(3)15(16)9-14/h4-9,11H,10,16H2,1-3H3. The van der Waals surface area contributed by atoms with Crippen molar-refractivity contribution in [2.24, 2.45) is 0 Å². The maximum absolute atomic E-state index is 12.8. The summed E-state index contributed by atoms with van der Waals surface area (Å²) in [6.45, 7) is 5.99. The number of rotatable bonds is 5. The first-order chi connectivity index (χ1) is 9.82. The summed E-state index contributed by atoms with van der Waals surface area (Å²) in [5, 5.41) is 1.95. The summed E-state index contributed by atoms with van der Waals surface area (Å²) < 4.78 is 27.2. The zero-order valence-corrected chi connectivity index (χ0v) is 14.0. The van der Waals surface area contributed by atoms with Crippen LogP contribution in [0.1, 0.15) is 24.3 Å². The maximum atomic E-state index is 12.8. The van der Waals surface area contributed by atoms with E-state index in [0.717, 1.165) is 10.4 Å². The molecule has 2 N–H and O–H groups in total. The van der Waals surface area contributed by atoms with Crippen molar-refractivity contribution in [1.82, 2.24) is 4.31 Å². The molecule has 21 heavy (non-hydrogen) atoms. The first-order valence-electron chi connectivity index (χ1n) is 6.72. The molecular formula is C15H20N2O2S2. The van der Waals surface area contributed by atoms with Gasteiger partial charge in [-0.3, -0.25) is 0 Å². The van der Waals surface area contributed by atoms with Gasteiger partial charge in [0.1, 0.15) is 0 Å². The van der Waals surface area contributed by atoms with Crippen molar-refractivity contribution in [1.29, 1.82) is 0 Å². The Morgan fingerprint density at radius 2 is 2.00 bits per heavy atom. The van der Waals surface area contributed by atoms with Crippen LogP contribution in [0.25, 0.3) is 0 Å². The van der Waals surface area contributed by atoms with Crippen LogP contribution in [0.5, 0.6) is 0 Å². The summed E-state index contributed by atoms with van der Waals surface area (Å²) in [6.07, 6.45) is 0. The van der Waals surface area contributed by atoms with E-state index in [2.05, 4.69) is 0 Å². The van der Waals surface area contributed by atoms with Gasteiger partial charge < -0.3 is 5.73 Å². The molecule has 6 heteroatoms. The molecule has 1 aromatic heterocycles. The lowest BCUT2D eigenvalue weighted by molar-refractivity contribution is 0.350. The topological polar surface area (TPSA) is 63.4 Å². The highest BCUT2D eigenvalue weighted by molar-refractivity contribution is 7.89. The summed E-state index contributed by atoms with van der Waals surface area (Å²) in [5.41, 5.74) is 7.22. The van der Waals surface area contributed by atoms with Crippen LogP contribution >= 0.6 is 11.3 Å². The Hall–Kier alpha value is -1.37. The number of nitrogens with zero attached hydrogens (tertiary/aromatic N) is 1. The van der Waals surface area contributed by atoms with Crippen LogP contribution in [-0.4, -0.2) is 18.8 Å². The van der Waals surface area contributed by atoms with Gasteiger partial charge >= 0.3 is 0 Å². The van der Waals surface area contributed by atoms with Gasteiger partial charge in [-0.1, -0.05) is 12.1 Å². The van der Waals surface area contributed by atoms with Crippen molar-refractivity contribution >= 4 is 27.0 Å². The Labute approximate surface area is 130 Å². The summed E-state index contributed by atoms with van der Waals surface area (Å²) in [7, 11) is -3.56. The Kier molecular flexibility index (Phi) is 4.70. The van der Waals surface area contributed by atoms with E-state index in [1.54, 1.807) is 23.5 Å². The molecule has 4 nitrogen and oxygen atoms in total. The normalized spacial score (nSPS) is 12.2. The number of anilines is 1. The third-order valence-corrected chi connectivity index (χ3v) is 6.20. The fourth-order valence-electron chi connectivity index (χ4n) is 2.02. The molecule has 0 aliphatic carbocycles. The predicted molar refractivity (Wildman–Crippen MR) is 87.8 cm³/mol. The summed E-state index contributed by atoms with van der Waals surface area (Å²) >= 11 is 1.55. The van der Waals surface area contributed by atoms with Crippen LogP contribution in [-0.2, 0) is 16.6 Å². The number of aryl methyl sites for hydroxylation is 1. The highest BCUT2D eigenvalue weighted by Crippen LogP contribution is 2.25. The highest BCUT2D eigenvalue weighted by atomic mass is 32.2. The second-order valence-electron chi connectivity index (χ2n) is 5.24. The van der Waals surface area contributed by atoms with E-state index in [0.29, 0.717) is 12.2 Å². The van der Waals surface area contributed by atoms with Crippen LogP contribution in [0.2, 0.25) is 0 Å². The van der Waals surface area contributed by atoms with Crippen LogP contribution in [0.4, 0.5) is 5.69 Å². The summed E-state index contributed by atoms with van der Waals surface area (Å²) in [4.78, 5) is 1.27. The molecule has 1 heterocycles. The second kappa shape index (κ2) is 6.17. The van der Waals surface area contributed by atoms with E-state index >= 15 is 0 Å². The number of nitrogens with two attached hydrogens (primary N) is 1. The molecule has 0 saturated heterocycles. The van der Waals surface area contributed by atoms with E-state index in [1.165, 1.54) is 10.4 Å². The van der Waals surface area contributed by atoms with Gasteiger partial charge in [0.15, 0.2) is 0 Å². The number of nitrogen functional groups attached to an aromatic ring is 1. The van der Waals surface area contributed by atoms with Crippen LogP contribution in [0, 0.1) is 6.92 Å². The maximum Gasteiger partial charge on any atom is 0.243 e. The van der Waals surface area contributed by atoms with Crippen molar-refractivity contribution in [2.75, 3.05) is 5.73 Å². The van der Waals surface area contributed by atoms with E-state index in [9.17, 15) is 8.42 Å². The SMILES string of the molecule is Cc1ccc(S(=O)(=O)N(Cc2cccs2)C(C)C)cc1N. The molecular weight excluding hydrogens is 304 g/mol. The largest absolute Gasteiger partial charge is 0.398 e. The number of hydrogen-bond donors (Lipinski definition) is 1. The molecule has 0 aliphatic rings. The minimum absolute atomic E-state index is 0.125. The molecule has 1 aromatic carbocycles. The molecule has 0 amide bonds. The fraction of sp³-hybridized carbons (Fsp3) is 0.333. The van der Waals surface area contributed by atoms with Crippen molar-refractivity contribution in [3.05, 3.63) is 46.2 Å². The Bertz CT molecular complexity index is 707. The van der Waals surface area contributed by atoms with Crippen LogP contribution in [0.15, 0.2) is 40.6 Å². The Morgan fingerprint density at radius 3 is 2.52 bits per heavy atom. The summed E-state index contributed by atoms with van der Waals surface area (Å²) in [5.74, 6) is 0. The van der Waals surface area contributed by atoms with Crippen molar-refractivity contribution < 1.29 is 8.42 Å². The molecule has 0 saturated carbocycles. The predicted octanol–water partition coefficient (Wildman–Crippen LogP) is 3.24. The van der Waals surface area contributed by atoms with Crippen molar-refractivity contribution in [3.8, 4) is 0 Å². The van der Waals surface area contributed by atoms with Gasteiger partial charge in [-0.2, -0.15) is 4.31 Å². The van der Waals surface area contributed by atoms with Gasteiger partial charge in [0, 0.05) is 23.2 Å². The molecule has 114 valence electrons.